The SMILES string of the molecule is CN1CCN(CC2(O)CCC(C(=O)O)CC2)CC1. The molecule has 1 aliphatic heterocycles. The van der Waals surface area contributed by atoms with Crippen molar-refractivity contribution in [3.05, 3.63) is 0 Å². The van der Waals surface area contributed by atoms with E-state index >= 15 is 0 Å². The number of aliphatic hydroxyl groups is 1. The molecule has 1 heterocycles. The van der Waals surface area contributed by atoms with Crippen LogP contribution in [-0.2, 0) is 4.79 Å². The molecule has 1 saturated carbocycles. The topological polar surface area (TPSA) is 64.0 Å². The maximum Gasteiger partial charge on any atom is 0.306 e. The smallest absolute Gasteiger partial charge is 0.306 e. The minimum Gasteiger partial charge on any atom is -0.481 e. The number of rotatable bonds is 3. The van der Waals surface area contributed by atoms with Crippen molar-refractivity contribution in [1.82, 2.24) is 9.80 Å². The number of β-amino-alcohol motifs (C(OH)–C–C–N with tert-alkyl or cyclic N) is 1. The van der Waals surface area contributed by atoms with Crippen LogP contribution < -0.4 is 0 Å². The summed E-state index contributed by atoms with van der Waals surface area (Å²) in [6, 6.07) is 0. The Hall–Kier alpha value is -0.650. The van der Waals surface area contributed by atoms with Gasteiger partial charge >= 0.3 is 5.97 Å². The maximum atomic E-state index is 10.9. The van der Waals surface area contributed by atoms with Gasteiger partial charge in [0, 0.05) is 32.7 Å². The standard InChI is InChI=1S/C13H24N2O3/c1-14-6-8-15(9-7-14)10-13(18)4-2-11(3-5-13)12(16)17/h11,18H,2-10H2,1H3,(H,16,17). The predicted octanol–water partition coefficient (Wildman–Crippen LogP) is 0.240. The molecular weight excluding hydrogens is 232 g/mol. The third kappa shape index (κ3) is 3.43. The third-order valence-electron chi connectivity index (χ3n) is 4.38. The van der Waals surface area contributed by atoms with Crippen molar-refractivity contribution in [3.8, 4) is 0 Å². The summed E-state index contributed by atoms with van der Waals surface area (Å²) in [6.45, 7) is 4.80. The molecule has 0 atom stereocenters. The molecule has 104 valence electrons. The zero-order valence-electron chi connectivity index (χ0n) is 11.1. The first kappa shape index (κ1) is 13.8. The highest BCUT2D eigenvalue weighted by Crippen LogP contribution is 2.33. The van der Waals surface area contributed by atoms with E-state index < -0.39 is 11.6 Å². The van der Waals surface area contributed by atoms with Crippen LogP contribution in [-0.4, -0.2) is 71.4 Å². The van der Waals surface area contributed by atoms with E-state index in [1.165, 1.54) is 0 Å². The molecule has 0 unspecified atom stereocenters. The molecule has 5 nitrogen and oxygen atoms in total. The molecule has 0 amide bonds. The van der Waals surface area contributed by atoms with E-state index in [9.17, 15) is 9.90 Å². The molecule has 1 aliphatic carbocycles. The van der Waals surface area contributed by atoms with Crippen LogP contribution in [0.2, 0.25) is 0 Å². The van der Waals surface area contributed by atoms with E-state index in [1.807, 2.05) is 0 Å². The van der Waals surface area contributed by atoms with Gasteiger partial charge < -0.3 is 15.1 Å². The number of aliphatic carboxylic acids is 1. The van der Waals surface area contributed by atoms with Gasteiger partial charge in [-0.05, 0) is 32.7 Å². The van der Waals surface area contributed by atoms with Crippen LogP contribution in [0.3, 0.4) is 0 Å². The first-order chi connectivity index (χ1) is 8.48. The number of nitrogens with zero attached hydrogens (tertiary/aromatic N) is 2. The van der Waals surface area contributed by atoms with Gasteiger partial charge in [-0.15, -0.1) is 0 Å². The summed E-state index contributed by atoms with van der Waals surface area (Å²) >= 11 is 0. The Kier molecular flexibility index (Phi) is 4.25. The fourth-order valence-electron chi connectivity index (χ4n) is 2.98. The summed E-state index contributed by atoms with van der Waals surface area (Å²) in [5.41, 5.74) is -0.665. The van der Waals surface area contributed by atoms with Gasteiger partial charge in [-0.3, -0.25) is 9.69 Å². The monoisotopic (exact) mass is 256 g/mol. The van der Waals surface area contributed by atoms with Crippen LogP contribution in [0.25, 0.3) is 0 Å². The molecule has 18 heavy (non-hydrogen) atoms. The summed E-state index contributed by atoms with van der Waals surface area (Å²) in [7, 11) is 2.12. The van der Waals surface area contributed by atoms with Gasteiger partial charge in [0.25, 0.3) is 0 Å². The highest BCUT2D eigenvalue weighted by molar-refractivity contribution is 5.70. The Balaban J connectivity index is 1.80. The van der Waals surface area contributed by atoms with Crippen molar-refractivity contribution in [2.45, 2.75) is 31.3 Å². The second-order valence-corrected chi connectivity index (χ2v) is 5.92. The molecule has 5 heteroatoms. The number of likely N-dealkylation sites (N-methyl/N-ethyl adjacent to an activating group) is 1. The maximum absolute atomic E-state index is 10.9. The van der Waals surface area contributed by atoms with Gasteiger partial charge in [-0.1, -0.05) is 0 Å². The van der Waals surface area contributed by atoms with Gasteiger partial charge in [0.2, 0.25) is 0 Å². The van der Waals surface area contributed by atoms with E-state index in [0.717, 1.165) is 26.2 Å². The number of carboxylic acid groups (broad SMARTS) is 1. The van der Waals surface area contributed by atoms with Crippen molar-refractivity contribution in [2.24, 2.45) is 5.92 Å². The van der Waals surface area contributed by atoms with Gasteiger partial charge in [-0.25, -0.2) is 0 Å². The third-order valence-corrected chi connectivity index (χ3v) is 4.38. The molecular formula is C13H24N2O3. The van der Waals surface area contributed by atoms with Crippen LogP contribution in [0.4, 0.5) is 0 Å². The minimum atomic E-state index is -0.711. The van der Waals surface area contributed by atoms with Crippen molar-refractivity contribution in [1.29, 1.82) is 0 Å². The van der Waals surface area contributed by atoms with Gasteiger partial charge in [0.15, 0.2) is 0 Å². The number of hydrogen-bond acceptors (Lipinski definition) is 4. The van der Waals surface area contributed by atoms with E-state index in [1.54, 1.807) is 0 Å². The molecule has 2 aliphatic rings. The molecule has 0 bridgehead atoms. The van der Waals surface area contributed by atoms with Crippen LogP contribution in [0.5, 0.6) is 0 Å². The summed E-state index contributed by atoms with van der Waals surface area (Å²) in [4.78, 5) is 15.5. The number of carboxylic acids is 1. The van der Waals surface area contributed by atoms with Crippen LogP contribution in [0.15, 0.2) is 0 Å². The Labute approximate surface area is 108 Å². The summed E-state index contributed by atoms with van der Waals surface area (Å²) in [5, 5.41) is 19.5. The molecule has 0 radical (unpaired) electrons. The highest BCUT2D eigenvalue weighted by atomic mass is 16.4. The lowest BCUT2D eigenvalue weighted by Crippen LogP contribution is -2.52. The number of carbonyl (C=O) groups is 1. The molecule has 0 aromatic heterocycles. The Bertz CT molecular complexity index is 293. The zero-order chi connectivity index (χ0) is 13.2. The van der Waals surface area contributed by atoms with E-state index in [2.05, 4.69) is 16.8 Å². The Morgan fingerprint density at radius 2 is 1.78 bits per heavy atom. The average Bonchev–Trinajstić information content (AvgIpc) is 2.32. The van der Waals surface area contributed by atoms with E-state index in [4.69, 9.17) is 5.11 Å². The van der Waals surface area contributed by atoms with E-state index in [-0.39, 0.29) is 5.92 Å². The normalized spacial score (nSPS) is 35.6. The molecule has 2 fully saturated rings. The van der Waals surface area contributed by atoms with Crippen molar-refractivity contribution < 1.29 is 15.0 Å². The quantitative estimate of drug-likeness (QED) is 0.757. The molecule has 0 aromatic rings. The fraction of sp³-hybridized carbons (Fsp3) is 0.923. The van der Waals surface area contributed by atoms with Crippen molar-refractivity contribution in [2.75, 3.05) is 39.8 Å². The molecule has 0 spiro atoms. The van der Waals surface area contributed by atoms with Crippen LogP contribution in [0.1, 0.15) is 25.7 Å². The summed E-state index contributed by atoms with van der Waals surface area (Å²) in [6.07, 6.45) is 2.46. The van der Waals surface area contributed by atoms with Crippen LogP contribution >= 0.6 is 0 Å². The largest absolute Gasteiger partial charge is 0.481 e. The predicted molar refractivity (Wildman–Crippen MR) is 68.5 cm³/mol. The van der Waals surface area contributed by atoms with E-state index in [0.29, 0.717) is 32.2 Å². The fourth-order valence-corrected chi connectivity index (χ4v) is 2.98. The lowest BCUT2D eigenvalue weighted by atomic mass is 9.78. The molecule has 2 N–H and O–H groups in total. The molecule has 0 aromatic carbocycles. The Morgan fingerprint density at radius 3 is 2.28 bits per heavy atom. The molecule has 2 rings (SSSR count). The second kappa shape index (κ2) is 5.55. The average molecular weight is 256 g/mol. The zero-order valence-corrected chi connectivity index (χ0v) is 11.1. The number of piperazine rings is 1. The van der Waals surface area contributed by atoms with Gasteiger partial charge in [-0.2, -0.15) is 0 Å². The Morgan fingerprint density at radius 1 is 1.22 bits per heavy atom. The van der Waals surface area contributed by atoms with Crippen LogP contribution in [0, 0.1) is 5.92 Å². The lowest BCUT2D eigenvalue weighted by molar-refractivity contribution is -0.145. The van der Waals surface area contributed by atoms with Crippen molar-refractivity contribution in [3.63, 3.8) is 0 Å². The highest BCUT2D eigenvalue weighted by Gasteiger charge is 2.37. The molecule has 1 saturated heterocycles. The number of hydrogen-bond donors (Lipinski definition) is 2. The summed E-state index contributed by atoms with van der Waals surface area (Å²) in [5.74, 6) is -0.964. The van der Waals surface area contributed by atoms with Gasteiger partial charge in [0.1, 0.15) is 0 Å². The second-order valence-electron chi connectivity index (χ2n) is 5.92. The first-order valence-corrected chi connectivity index (χ1v) is 6.85. The van der Waals surface area contributed by atoms with Gasteiger partial charge in [0.05, 0.1) is 11.5 Å². The first-order valence-electron chi connectivity index (χ1n) is 6.85. The lowest BCUT2D eigenvalue weighted by Gasteiger charge is -2.41. The van der Waals surface area contributed by atoms with Crippen molar-refractivity contribution >= 4 is 5.97 Å². The summed E-state index contributed by atoms with van der Waals surface area (Å²) < 4.78 is 0. The minimum absolute atomic E-state index is 0.252.